The number of hydrogen-bond acceptors (Lipinski definition) is 7. The molecule has 1 aliphatic rings. The Morgan fingerprint density at radius 2 is 1.90 bits per heavy atom. The molecule has 9 heteroatoms. The Bertz CT molecular complexity index is 2000. The summed E-state index contributed by atoms with van der Waals surface area (Å²) in [6.07, 6.45) is 5.96. The van der Waals surface area contributed by atoms with Crippen molar-refractivity contribution in [3.05, 3.63) is 84.8 Å². The fourth-order valence-corrected chi connectivity index (χ4v) is 5.96. The Balaban J connectivity index is 1.05. The van der Waals surface area contributed by atoms with Crippen molar-refractivity contribution in [3.63, 3.8) is 0 Å². The largest absolute Gasteiger partial charge is 0.467 e. The molecule has 3 aromatic carbocycles. The molecule has 7 aromatic rings. The van der Waals surface area contributed by atoms with Gasteiger partial charge < -0.3 is 8.83 Å². The molecule has 0 bridgehead atoms. The fourth-order valence-electron chi connectivity index (χ4n) is 5.96. The van der Waals surface area contributed by atoms with Crippen LogP contribution in [0.3, 0.4) is 0 Å². The summed E-state index contributed by atoms with van der Waals surface area (Å²) < 4.78 is 14.0. The molecule has 0 unspecified atom stereocenters. The van der Waals surface area contributed by atoms with Crippen molar-refractivity contribution < 1.29 is 8.83 Å². The summed E-state index contributed by atoms with van der Waals surface area (Å²) in [7, 11) is 1.93. The van der Waals surface area contributed by atoms with Crippen LogP contribution in [0.25, 0.3) is 55.3 Å². The number of aryl methyl sites for hydroxylation is 1. The lowest BCUT2D eigenvalue weighted by Crippen LogP contribution is -2.33. The van der Waals surface area contributed by atoms with E-state index in [-0.39, 0.29) is 5.92 Å². The molecule has 9 nitrogen and oxygen atoms in total. The lowest BCUT2D eigenvalue weighted by atomic mass is 9.98. The quantitative estimate of drug-likeness (QED) is 0.279. The summed E-state index contributed by atoms with van der Waals surface area (Å²) in [5, 5.41) is 25.6. The van der Waals surface area contributed by atoms with Crippen LogP contribution in [-0.4, -0.2) is 48.2 Å². The van der Waals surface area contributed by atoms with Crippen molar-refractivity contribution in [2.75, 3.05) is 13.1 Å². The van der Waals surface area contributed by atoms with E-state index in [2.05, 4.69) is 66.8 Å². The normalized spacial score (nSPS) is 16.5. The number of hydrogen-bond donors (Lipinski definition) is 1. The molecule has 1 atom stereocenters. The van der Waals surface area contributed by atoms with Crippen molar-refractivity contribution in [2.45, 2.75) is 25.3 Å². The molecule has 0 saturated carbocycles. The molecule has 8 rings (SSSR count). The predicted molar refractivity (Wildman–Crippen MR) is 153 cm³/mol. The van der Waals surface area contributed by atoms with Crippen LogP contribution in [0.2, 0.25) is 0 Å². The number of H-pyrrole nitrogens is 1. The van der Waals surface area contributed by atoms with Gasteiger partial charge in [0.05, 0.1) is 35.5 Å². The van der Waals surface area contributed by atoms with E-state index >= 15 is 0 Å². The summed E-state index contributed by atoms with van der Waals surface area (Å²) in [4.78, 5) is 2.42. The molecule has 0 amide bonds. The summed E-state index contributed by atoms with van der Waals surface area (Å²) in [6.45, 7) is 2.66. The minimum absolute atomic E-state index is 0.190. The second-order valence-electron chi connectivity index (χ2n) is 10.7. The SMILES string of the molecule is Cn1cc2cc(-c3n[nH]c4ccc(-c5nnc([C@@H]6CCCN(Cc7occ8ccccc78)C6)o5)cc34)ccc2n1. The molecule has 5 heterocycles. The molecular weight excluding hydrogens is 502 g/mol. The van der Waals surface area contributed by atoms with E-state index in [0.29, 0.717) is 11.8 Å². The first-order valence-corrected chi connectivity index (χ1v) is 13.6. The Kier molecular flexibility index (Phi) is 5.31. The average molecular weight is 530 g/mol. The number of furan rings is 1. The first-order chi connectivity index (χ1) is 19.7. The number of aromatic amines is 1. The maximum absolute atomic E-state index is 6.28. The maximum Gasteiger partial charge on any atom is 0.247 e. The molecule has 0 aliphatic carbocycles. The molecule has 40 heavy (non-hydrogen) atoms. The van der Waals surface area contributed by atoms with E-state index < -0.39 is 0 Å². The van der Waals surface area contributed by atoms with Gasteiger partial charge in [0, 0.05) is 52.5 Å². The zero-order chi connectivity index (χ0) is 26.6. The Hall–Kier alpha value is -4.76. The van der Waals surface area contributed by atoms with E-state index in [1.807, 2.05) is 48.5 Å². The van der Waals surface area contributed by atoms with Gasteiger partial charge in [-0.1, -0.05) is 30.3 Å². The first-order valence-electron chi connectivity index (χ1n) is 13.6. The van der Waals surface area contributed by atoms with Gasteiger partial charge >= 0.3 is 0 Å². The molecule has 0 radical (unpaired) electrons. The van der Waals surface area contributed by atoms with E-state index in [1.54, 1.807) is 0 Å². The van der Waals surface area contributed by atoms with Crippen molar-refractivity contribution in [2.24, 2.45) is 7.05 Å². The number of nitrogens with zero attached hydrogens (tertiary/aromatic N) is 6. The van der Waals surface area contributed by atoms with Crippen molar-refractivity contribution in [3.8, 4) is 22.7 Å². The smallest absolute Gasteiger partial charge is 0.247 e. The summed E-state index contributed by atoms with van der Waals surface area (Å²) in [5.41, 5.74) is 4.71. The Labute approximate surface area is 229 Å². The highest BCUT2D eigenvalue weighted by atomic mass is 16.4. The standard InChI is InChI=1S/C31H27N7O2/c1-37-15-23-13-19(8-10-26(23)36-37)29-25-14-20(9-11-27(25)32-33-29)30-34-35-31(40-30)21-6-4-12-38(16-21)17-28-24-7-3-2-5-22(24)18-39-28/h2-3,5,7-11,13-15,18,21H,4,6,12,16-17H2,1H3,(H,32,33)/t21-/m1/s1. The zero-order valence-electron chi connectivity index (χ0n) is 22.0. The Morgan fingerprint density at radius 3 is 2.88 bits per heavy atom. The Morgan fingerprint density at radius 1 is 0.975 bits per heavy atom. The molecule has 1 fully saturated rings. The van der Waals surface area contributed by atoms with Gasteiger partial charge in [-0.05, 0) is 49.7 Å². The van der Waals surface area contributed by atoms with Crippen LogP contribution in [0.15, 0.2) is 82.0 Å². The lowest BCUT2D eigenvalue weighted by Gasteiger charge is -2.30. The molecular formula is C31H27N7O2. The van der Waals surface area contributed by atoms with E-state index in [9.17, 15) is 0 Å². The van der Waals surface area contributed by atoms with Gasteiger partial charge in [-0.15, -0.1) is 10.2 Å². The van der Waals surface area contributed by atoms with Crippen LogP contribution < -0.4 is 0 Å². The number of benzene rings is 3. The third-order valence-electron chi connectivity index (χ3n) is 7.95. The summed E-state index contributed by atoms with van der Waals surface area (Å²) >= 11 is 0. The highest BCUT2D eigenvalue weighted by Crippen LogP contribution is 2.34. The van der Waals surface area contributed by atoms with Crippen LogP contribution in [0.5, 0.6) is 0 Å². The molecule has 0 spiro atoms. The van der Waals surface area contributed by atoms with Crippen molar-refractivity contribution in [1.82, 2.24) is 35.1 Å². The van der Waals surface area contributed by atoms with E-state index in [0.717, 1.165) is 82.2 Å². The topological polar surface area (TPSA) is 102 Å². The van der Waals surface area contributed by atoms with Gasteiger partial charge in [0.15, 0.2) is 0 Å². The van der Waals surface area contributed by atoms with Gasteiger partial charge in [0.1, 0.15) is 5.76 Å². The molecule has 1 saturated heterocycles. The fraction of sp³-hybridized carbons (Fsp3) is 0.226. The second-order valence-corrected chi connectivity index (χ2v) is 10.7. The highest BCUT2D eigenvalue weighted by molar-refractivity contribution is 5.97. The minimum Gasteiger partial charge on any atom is -0.467 e. The summed E-state index contributed by atoms with van der Waals surface area (Å²) in [6, 6.07) is 20.6. The van der Waals surface area contributed by atoms with E-state index in [4.69, 9.17) is 8.83 Å². The number of piperidine rings is 1. The van der Waals surface area contributed by atoms with Crippen molar-refractivity contribution >= 4 is 32.6 Å². The minimum atomic E-state index is 0.190. The van der Waals surface area contributed by atoms with E-state index in [1.165, 1.54) is 5.39 Å². The number of fused-ring (bicyclic) bond motifs is 3. The van der Waals surface area contributed by atoms with Crippen LogP contribution >= 0.6 is 0 Å². The number of likely N-dealkylation sites (tertiary alicyclic amines) is 1. The maximum atomic E-state index is 6.28. The number of nitrogens with one attached hydrogen (secondary N) is 1. The lowest BCUT2D eigenvalue weighted by molar-refractivity contribution is 0.175. The van der Waals surface area contributed by atoms with Gasteiger partial charge in [-0.25, -0.2) is 0 Å². The van der Waals surface area contributed by atoms with Gasteiger partial charge in [-0.2, -0.15) is 10.2 Å². The zero-order valence-corrected chi connectivity index (χ0v) is 22.0. The second kappa shape index (κ2) is 9.17. The third-order valence-corrected chi connectivity index (χ3v) is 7.95. The van der Waals surface area contributed by atoms with Crippen LogP contribution in [-0.2, 0) is 13.6 Å². The summed E-state index contributed by atoms with van der Waals surface area (Å²) in [5.74, 6) is 2.42. The molecule has 198 valence electrons. The van der Waals surface area contributed by atoms with Gasteiger partial charge in [-0.3, -0.25) is 14.7 Å². The van der Waals surface area contributed by atoms with Crippen LogP contribution in [0.1, 0.15) is 30.4 Å². The monoisotopic (exact) mass is 529 g/mol. The molecule has 1 aliphatic heterocycles. The molecule has 4 aromatic heterocycles. The van der Waals surface area contributed by atoms with Crippen molar-refractivity contribution in [1.29, 1.82) is 0 Å². The van der Waals surface area contributed by atoms with Gasteiger partial charge in [0.25, 0.3) is 0 Å². The van der Waals surface area contributed by atoms with Crippen LogP contribution in [0, 0.1) is 0 Å². The first kappa shape index (κ1) is 23.2. The van der Waals surface area contributed by atoms with Crippen LogP contribution in [0.4, 0.5) is 0 Å². The number of aromatic nitrogens is 6. The molecule has 1 N–H and O–H groups in total. The highest BCUT2D eigenvalue weighted by Gasteiger charge is 2.27. The predicted octanol–water partition coefficient (Wildman–Crippen LogP) is 6.29. The third kappa shape index (κ3) is 3.97. The van der Waals surface area contributed by atoms with Gasteiger partial charge in [0.2, 0.25) is 11.8 Å². The average Bonchev–Trinajstić information content (AvgIpc) is 3.78. The number of rotatable bonds is 5.